The molecule has 170 valence electrons. The minimum Gasteiger partial charge on any atom is -0.333 e. The first-order valence-electron chi connectivity index (χ1n) is 11.6. The van der Waals surface area contributed by atoms with Crippen molar-refractivity contribution < 1.29 is 9.18 Å². The molecule has 0 bridgehead atoms. The minimum absolute atomic E-state index is 0.0469. The van der Waals surface area contributed by atoms with Crippen molar-refractivity contribution in [2.45, 2.75) is 99.8 Å². The summed E-state index contributed by atoms with van der Waals surface area (Å²) < 4.78 is 13.5. The number of rotatable bonds is 11. The molecule has 1 amide bonds. The van der Waals surface area contributed by atoms with Crippen LogP contribution < -0.4 is 11.1 Å². The van der Waals surface area contributed by atoms with Crippen LogP contribution in [0.5, 0.6) is 0 Å². The third-order valence-electron chi connectivity index (χ3n) is 5.09. The number of nitrogens with two attached hydrogens (primary N) is 1. The molecule has 0 aliphatic carbocycles. The smallest absolute Gasteiger partial charge is 0.227 e. The number of carbonyl (C=O) groups excluding carboxylic acids is 1. The van der Waals surface area contributed by atoms with E-state index in [1.807, 2.05) is 27.7 Å². The zero-order chi connectivity index (χ0) is 22.8. The number of anilines is 1. The number of halogens is 1. The fourth-order valence-corrected chi connectivity index (χ4v) is 3.79. The maximum Gasteiger partial charge on any atom is 0.227 e. The standard InChI is InChI=1S/C22H36FNO.C2H6.CH5N/c1-6-9-10-13-18(11-7-2)20(12-8-3)22(25)24-21-16(4)14-19(23)15-17(21)5;2*1-2/h14-15,18,20H,6-13H2,1-5H3,(H,24,25);1-2H3;2H2,1H3. The van der Waals surface area contributed by atoms with Crippen molar-refractivity contribution >= 4 is 11.6 Å². The Labute approximate surface area is 180 Å². The molecule has 3 N–H and O–H groups in total. The van der Waals surface area contributed by atoms with Crippen molar-refractivity contribution in [1.29, 1.82) is 0 Å². The molecule has 0 aliphatic heterocycles. The summed E-state index contributed by atoms with van der Waals surface area (Å²) in [6.07, 6.45) is 8.90. The van der Waals surface area contributed by atoms with Crippen molar-refractivity contribution in [1.82, 2.24) is 0 Å². The summed E-state index contributed by atoms with van der Waals surface area (Å²) in [6.45, 7) is 14.3. The van der Waals surface area contributed by atoms with Gasteiger partial charge in [0.1, 0.15) is 5.82 Å². The summed E-state index contributed by atoms with van der Waals surface area (Å²) in [4.78, 5) is 13.0. The van der Waals surface area contributed by atoms with Gasteiger partial charge in [-0.25, -0.2) is 4.39 Å². The summed E-state index contributed by atoms with van der Waals surface area (Å²) in [7, 11) is 1.50. The number of amides is 1. The normalized spacial score (nSPS) is 12.1. The topological polar surface area (TPSA) is 55.1 Å². The quantitative estimate of drug-likeness (QED) is 0.373. The Morgan fingerprint density at radius 2 is 1.45 bits per heavy atom. The summed E-state index contributed by atoms with van der Waals surface area (Å²) in [5.74, 6) is 0.347. The van der Waals surface area contributed by atoms with Gasteiger partial charge in [0.05, 0.1) is 0 Å². The van der Waals surface area contributed by atoms with Crippen LogP contribution in [-0.4, -0.2) is 13.0 Å². The Hall–Kier alpha value is -1.42. The molecule has 0 aromatic heterocycles. The van der Waals surface area contributed by atoms with Gasteiger partial charge in [-0.1, -0.05) is 66.7 Å². The van der Waals surface area contributed by atoms with Gasteiger partial charge < -0.3 is 11.1 Å². The Morgan fingerprint density at radius 1 is 0.931 bits per heavy atom. The molecule has 1 aromatic rings. The number of benzene rings is 1. The molecule has 29 heavy (non-hydrogen) atoms. The second-order valence-electron chi connectivity index (χ2n) is 7.34. The van der Waals surface area contributed by atoms with Gasteiger partial charge in [-0.3, -0.25) is 4.79 Å². The zero-order valence-corrected chi connectivity index (χ0v) is 20.3. The summed E-state index contributed by atoms with van der Waals surface area (Å²) in [5.41, 5.74) is 6.86. The van der Waals surface area contributed by atoms with Gasteiger partial charge in [-0.15, -0.1) is 0 Å². The lowest BCUT2D eigenvalue weighted by Gasteiger charge is -2.27. The Bertz CT molecular complexity index is 523. The second kappa shape index (κ2) is 18.6. The molecule has 0 radical (unpaired) electrons. The van der Waals surface area contributed by atoms with Crippen LogP contribution in [0.3, 0.4) is 0 Å². The summed E-state index contributed by atoms with van der Waals surface area (Å²) >= 11 is 0. The molecule has 0 spiro atoms. The molecule has 3 nitrogen and oxygen atoms in total. The molecule has 0 saturated carbocycles. The molecule has 1 rings (SSSR count). The van der Waals surface area contributed by atoms with Crippen LogP contribution >= 0.6 is 0 Å². The molecule has 2 unspecified atom stereocenters. The Morgan fingerprint density at radius 3 is 1.90 bits per heavy atom. The maximum absolute atomic E-state index is 13.5. The third-order valence-corrected chi connectivity index (χ3v) is 5.09. The van der Waals surface area contributed by atoms with Crippen LogP contribution in [0.4, 0.5) is 10.1 Å². The van der Waals surface area contributed by atoms with Gasteiger partial charge in [-0.2, -0.15) is 0 Å². The van der Waals surface area contributed by atoms with E-state index in [0.717, 1.165) is 48.9 Å². The fourth-order valence-electron chi connectivity index (χ4n) is 3.79. The fraction of sp³-hybridized carbons (Fsp3) is 0.720. The third kappa shape index (κ3) is 11.4. The van der Waals surface area contributed by atoms with Crippen LogP contribution in [-0.2, 0) is 4.79 Å². The molecular formula is C25H47FN2O. The van der Waals surface area contributed by atoms with Gasteiger partial charge in [0.15, 0.2) is 0 Å². The predicted octanol–water partition coefficient (Wildman–Crippen LogP) is 7.40. The lowest BCUT2D eigenvalue weighted by atomic mass is 9.81. The lowest BCUT2D eigenvalue weighted by Crippen LogP contribution is -2.30. The molecule has 0 aliphatic rings. The van der Waals surface area contributed by atoms with Gasteiger partial charge in [0.2, 0.25) is 5.91 Å². The van der Waals surface area contributed by atoms with E-state index in [4.69, 9.17) is 0 Å². The van der Waals surface area contributed by atoms with E-state index in [1.165, 1.54) is 38.4 Å². The van der Waals surface area contributed by atoms with E-state index in [0.29, 0.717) is 5.92 Å². The van der Waals surface area contributed by atoms with Crippen molar-refractivity contribution in [3.8, 4) is 0 Å². The second-order valence-corrected chi connectivity index (χ2v) is 7.34. The molecule has 0 heterocycles. The van der Waals surface area contributed by atoms with Crippen molar-refractivity contribution in [3.63, 3.8) is 0 Å². The average Bonchev–Trinajstić information content (AvgIpc) is 2.71. The largest absolute Gasteiger partial charge is 0.333 e. The number of nitrogens with one attached hydrogen (secondary N) is 1. The summed E-state index contributed by atoms with van der Waals surface area (Å²) in [6, 6.07) is 2.98. The van der Waals surface area contributed by atoms with E-state index in [2.05, 4.69) is 31.8 Å². The average molecular weight is 411 g/mol. The zero-order valence-electron chi connectivity index (χ0n) is 20.3. The lowest BCUT2D eigenvalue weighted by molar-refractivity contribution is -0.122. The highest BCUT2D eigenvalue weighted by molar-refractivity contribution is 5.94. The number of hydrogen-bond donors (Lipinski definition) is 2. The van der Waals surface area contributed by atoms with Crippen LogP contribution in [0, 0.1) is 31.5 Å². The predicted molar refractivity (Wildman–Crippen MR) is 127 cm³/mol. The molecule has 4 heteroatoms. The van der Waals surface area contributed by atoms with Gasteiger partial charge in [0, 0.05) is 11.6 Å². The van der Waals surface area contributed by atoms with E-state index in [9.17, 15) is 9.18 Å². The highest BCUT2D eigenvalue weighted by atomic mass is 19.1. The molecular weight excluding hydrogens is 363 g/mol. The first kappa shape index (κ1) is 29.8. The van der Waals surface area contributed by atoms with Gasteiger partial charge in [0.25, 0.3) is 0 Å². The first-order chi connectivity index (χ1) is 13.9. The van der Waals surface area contributed by atoms with Crippen LogP contribution in [0.15, 0.2) is 12.1 Å². The number of hydrogen-bond acceptors (Lipinski definition) is 2. The minimum atomic E-state index is -0.249. The van der Waals surface area contributed by atoms with Gasteiger partial charge >= 0.3 is 0 Å². The monoisotopic (exact) mass is 410 g/mol. The van der Waals surface area contributed by atoms with Crippen LogP contribution in [0.1, 0.15) is 97.1 Å². The molecule has 2 atom stereocenters. The highest BCUT2D eigenvalue weighted by Crippen LogP contribution is 2.30. The van der Waals surface area contributed by atoms with E-state index < -0.39 is 0 Å². The van der Waals surface area contributed by atoms with Crippen molar-refractivity contribution in [3.05, 3.63) is 29.1 Å². The Kier molecular flexibility index (Phi) is 19.1. The van der Waals surface area contributed by atoms with Crippen LogP contribution in [0.25, 0.3) is 0 Å². The van der Waals surface area contributed by atoms with E-state index in [-0.39, 0.29) is 17.6 Å². The first-order valence-corrected chi connectivity index (χ1v) is 11.6. The van der Waals surface area contributed by atoms with Crippen molar-refractivity contribution in [2.75, 3.05) is 12.4 Å². The number of carbonyl (C=O) groups is 1. The number of aryl methyl sites for hydroxylation is 2. The van der Waals surface area contributed by atoms with Crippen LogP contribution in [0.2, 0.25) is 0 Å². The van der Waals surface area contributed by atoms with Gasteiger partial charge in [-0.05, 0) is 69.3 Å². The molecule has 1 aromatic carbocycles. The van der Waals surface area contributed by atoms with E-state index >= 15 is 0 Å². The molecule has 0 saturated heterocycles. The van der Waals surface area contributed by atoms with E-state index in [1.54, 1.807) is 0 Å². The maximum atomic E-state index is 13.5. The van der Waals surface area contributed by atoms with Crippen molar-refractivity contribution in [2.24, 2.45) is 17.6 Å². The SMILES string of the molecule is CC.CCCCCC(CCC)C(CCC)C(=O)Nc1c(C)cc(F)cc1C.CN. The molecule has 0 fully saturated rings. The summed E-state index contributed by atoms with van der Waals surface area (Å²) in [5, 5.41) is 3.11. The Balaban J connectivity index is 0. The highest BCUT2D eigenvalue weighted by Gasteiger charge is 2.27. The number of unbranched alkanes of at least 4 members (excludes halogenated alkanes) is 2.